The molecule has 1 aromatic heterocycles. The molecular weight excluding hydrogens is 285 g/mol. The Bertz CT molecular complexity index is 596. The van der Waals surface area contributed by atoms with E-state index in [1.54, 1.807) is 47.4 Å². The maximum atomic E-state index is 12.0. The number of halogens is 3. The molecular formula is C13H13F3N4O. The van der Waals surface area contributed by atoms with Gasteiger partial charge in [-0.25, -0.2) is 4.68 Å². The third-order valence-electron chi connectivity index (χ3n) is 2.54. The predicted molar refractivity (Wildman–Crippen MR) is 71.1 cm³/mol. The topological polar surface area (TPSA) is 59.0 Å². The molecule has 0 radical (unpaired) electrons. The second-order valence-corrected chi connectivity index (χ2v) is 4.23. The van der Waals surface area contributed by atoms with Gasteiger partial charge in [0.1, 0.15) is 0 Å². The molecule has 1 amide bonds. The van der Waals surface area contributed by atoms with Crippen LogP contribution in [0.4, 0.5) is 18.9 Å². The molecule has 5 nitrogen and oxygen atoms in total. The number of amides is 1. The normalized spacial score (nSPS) is 11.4. The Morgan fingerprint density at radius 1 is 1.24 bits per heavy atom. The highest BCUT2D eigenvalue weighted by molar-refractivity contribution is 5.94. The Kier molecular flexibility index (Phi) is 4.59. The molecule has 112 valence electrons. The van der Waals surface area contributed by atoms with Gasteiger partial charge in [-0.15, -0.1) is 0 Å². The minimum atomic E-state index is -4.34. The fraction of sp³-hybridized carbons (Fsp3) is 0.231. The highest BCUT2D eigenvalue weighted by Gasteiger charge is 2.26. The van der Waals surface area contributed by atoms with Crippen molar-refractivity contribution in [3.63, 3.8) is 0 Å². The molecule has 2 N–H and O–H groups in total. The van der Waals surface area contributed by atoms with Crippen LogP contribution in [0, 0.1) is 0 Å². The molecule has 0 aliphatic carbocycles. The van der Waals surface area contributed by atoms with E-state index >= 15 is 0 Å². The third kappa shape index (κ3) is 4.60. The lowest BCUT2D eigenvalue weighted by molar-refractivity contribution is -0.126. The lowest BCUT2D eigenvalue weighted by Crippen LogP contribution is -2.35. The smallest absolute Gasteiger partial charge is 0.323 e. The van der Waals surface area contributed by atoms with Gasteiger partial charge in [0.05, 0.1) is 24.5 Å². The molecule has 0 aliphatic rings. The number of rotatable bonds is 5. The first-order valence-corrected chi connectivity index (χ1v) is 6.12. The van der Waals surface area contributed by atoms with E-state index < -0.39 is 25.2 Å². The van der Waals surface area contributed by atoms with Gasteiger partial charge >= 0.3 is 6.18 Å². The summed E-state index contributed by atoms with van der Waals surface area (Å²) in [5, 5.41) is 8.65. The zero-order chi connectivity index (χ0) is 15.3. The van der Waals surface area contributed by atoms with Crippen LogP contribution in [0.1, 0.15) is 0 Å². The van der Waals surface area contributed by atoms with Gasteiger partial charge in [-0.2, -0.15) is 18.3 Å². The number of hydrogen-bond acceptors (Lipinski definition) is 3. The number of nitrogens with one attached hydrogen (secondary N) is 2. The number of anilines is 1. The molecule has 0 spiro atoms. The molecule has 0 atom stereocenters. The van der Waals surface area contributed by atoms with E-state index in [0.717, 1.165) is 0 Å². The number of nitrogens with zero attached hydrogens (tertiary/aromatic N) is 2. The summed E-state index contributed by atoms with van der Waals surface area (Å²) in [6.07, 6.45) is -1.05. The van der Waals surface area contributed by atoms with Gasteiger partial charge in [0.25, 0.3) is 0 Å². The average Bonchev–Trinajstić information content (AvgIpc) is 2.91. The van der Waals surface area contributed by atoms with E-state index in [4.69, 9.17) is 0 Å². The van der Waals surface area contributed by atoms with Crippen LogP contribution in [0.5, 0.6) is 0 Å². The van der Waals surface area contributed by atoms with E-state index in [0.29, 0.717) is 11.4 Å². The first-order valence-electron chi connectivity index (χ1n) is 6.12. The Morgan fingerprint density at radius 2 is 2.00 bits per heavy atom. The van der Waals surface area contributed by atoms with Gasteiger partial charge in [-0.3, -0.25) is 4.79 Å². The van der Waals surface area contributed by atoms with E-state index in [1.807, 2.05) is 5.32 Å². The second kappa shape index (κ2) is 6.40. The molecule has 21 heavy (non-hydrogen) atoms. The number of benzene rings is 1. The molecule has 2 aromatic rings. The molecule has 0 aliphatic heterocycles. The Morgan fingerprint density at radius 3 is 2.67 bits per heavy atom. The number of aromatic nitrogens is 2. The summed E-state index contributed by atoms with van der Waals surface area (Å²) < 4.78 is 37.5. The van der Waals surface area contributed by atoms with Crippen molar-refractivity contribution in [2.24, 2.45) is 0 Å². The predicted octanol–water partition coefficient (Wildman–Crippen LogP) is 1.96. The molecule has 0 saturated heterocycles. The fourth-order valence-electron chi connectivity index (χ4n) is 1.70. The summed E-state index contributed by atoms with van der Waals surface area (Å²) in [4.78, 5) is 11.6. The number of para-hydroxylation sites is 2. The molecule has 2 rings (SSSR count). The third-order valence-corrected chi connectivity index (χ3v) is 2.54. The summed E-state index contributed by atoms with van der Waals surface area (Å²) in [6, 6.07) is 8.61. The summed E-state index contributed by atoms with van der Waals surface area (Å²) in [7, 11) is 0. The van der Waals surface area contributed by atoms with Crippen molar-refractivity contribution < 1.29 is 18.0 Å². The van der Waals surface area contributed by atoms with Crippen LogP contribution in [-0.2, 0) is 4.79 Å². The van der Waals surface area contributed by atoms with Crippen molar-refractivity contribution in [1.82, 2.24) is 15.1 Å². The van der Waals surface area contributed by atoms with Crippen LogP contribution < -0.4 is 10.6 Å². The average molecular weight is 298 g/mol. The van der Waals surface area contributed by atoms with Gasteiger partial charge < -0.3 is 10.6 Å². The number of carbonyl (C=O) groups excluding carboxylic acids is 1. The number of carbonyl (C=O) groups is 1. The van der Waals surface area contributed by atoms with Gasteiger partial charge in [0.15, 0.2) is 0 Å². The van der Waals surface area contributed by atoms with Crippen molar-refractivity contribution in [2.75, 3.05) is 18.4 Å². The van der Waals surface area contributed by atoms with Crippen molar-refractivity contribution in [1.29, 1.82) is 0 Å². The van der Waals surface area contributed by atoms with Crippen LogP contribution in [0.25, 0.3) is 5.69 Å². The van der Waals surface area contributed by atoms with Crippen LogP contribution in [0.2, 0.25) is 0 Å². The van der Waals surface area contributed by atoms with E-state index in [-0.39, 0.29) is 0 Å². The zero-order valence-electron chi connectivity index (χ0n) is 10.9. The van der Waals surface area contributed by atoms with Gasteiger partial charge in [0, 0.05) is 12.4 Å². The minimum absolute atomic E-state index is 0.424. The molecule has 8 heteroatoms. The highest BCUT2D eigenvalue weighted by Crippen LogP contribution is 2.18. The monoisotopic (exact) mass is 298 g/mol. The first kappa shape index (κ1) is 15.0. The summed E-state index contributed by atoms with van der Waals surface area (Å²) in [6.45, 7) is -1.63. The minimum Gasteiger partial charge on any atom is -0.323 e. The highest BCUT2D eigenvalue weighted by atomic mass is 19.4. The lowest BCUT2D eigenvalue weighted by atomic mass is 10.2. The fourth-order valence-corrected chi connectivity index (χ4v) is 1.70. The summed E-state index contributed by atoms with van der Waals surface area (Å²) in [5.74, 6) is -0.557. The molecule has 0 fully saturated rings. The molecule has 1 aromatic carbocycles. The van der Waals surface area contributed by atoms with Crippen molar-refractivity contribution in [3.8, 4) is 5.69 Å². The maximum Gasteiger partial charge on any atom is 0.401 e. The van der Waals surface area contributed by atoms with Crippen LogP contribution in [0.15, 0.2) is 42.7 Å². The Hall–Kier alpha value is -2.35. The Balaban J connectivity index is 1.99. The molecule has 0 unspecified atom stereocenters. The molecule has 1 heterocycles. The van der Waals surface area contributed by atoms with Gasteiger partial charge in [0.2, 0.25) is 5.91 Å². The van der Waals surface area contributed by atoms with Crippen LogP contribution in [0.3, 0.4) is 0 Å². The van der Waals surface area contributed by atoms with Crippen molar-refractivity contribution >= 4 is 11.6 Å². The molecule has 0 bridgehead atoms. The maximum absolute atomic E-state index is 12.0. The second-order valence-electron chi connectivity index (χ2n) is 4.23. The number of hydrogen-bond donors (Lipinski definition) is 2. The molecule has 0 saturated carbocycles. The summed E-state index contributed by atoms with van der Waals surface area (Å²) in [5.41, 5.74) is 1.10. The van der Waals surface area contributed by atoms with Gasteiger partial charge in [-0.05, 0) is 18.2 Å². The van der Waals surface area contributed by atoms with E-state index in [9.17, 15) is 18.0 Å². The van der Waals surface area contributed by atoms with E-state index in [1.165, 1.54) is 0 Å². The van der Waals surface area contributed by atoms with Crippen molar-refractivity contribution in [2.45, 2.75) is 6.18 Å². The Labute approximate surface area is 118 Å². The van der Waals surface area contributed by atoms with Crippen molar-refractivity contribution in [3.05, 3.63) is 42.7 Å². The van der Waals surface area contributed by atoms with Crippen LogP contribution in [-0.4, -0.2) is 35.0 Å². The standard InChI is InChI=1S/C13H13F3N4O/c14-13(15,16)9-17-8-12(21)19-10-4-1-2-5-11(10)20-7-3-6-18-20/h1-7,17H,8-9H2,(H,19,21). The summed E-state index contributed by atoms with van der Waals surface area (Å²) >= 11 is 0. The lowest BCUT2D eigenvalue weighted by Gasteiger charge is -2.12. The van der Waals surface area contributed by atoms with Gasteiger partial charge in [-0.1, -0.05) is 12.1 Å². The zero-order valence-corrected chi connectivity index (χ0v) is 10.9. The first-order chi connectivity index (χ1) is 9.96. The number of alkyl halides is 3. The SMILES string of the molecule is O=C(CNCC(F)(F)F)Nc1ccccc1-n1cccn1. The van der Waals surface area contributed by atoms with E-state index in [2.05, 4.69) is 10.4 Å². The quantitative estimate of drug-likeness (QED) is 0.887. The largest absolute Gasteiger partial charge is 0.401 e. The van der Waals surface area contributed by atoms with Crippen LogP contribution >= 0.6 is 0 Å².